The first-order chi connectivity index (χ1) is 7.22. The monoisotopic (exact) mass is 262 g/mol. The molecule has 1 aliphatic rings. The normalized spacial score (nSPS) is 20.5. The van der Waals surface area contributed by atoms with Gasteiger partial charge in [-0.1, -0.05) is 23.2 Å². The number of hydrogen-bond acceptors (Lipinski definition) is 4. The second-order valence-corrected chi connectivity index (χ2v) is 5.22. The molecular weight excluding hydrogens is 255 g/mol. The Kier molecular flexibility index (Phi) is 3.49. The zero-order valence-electron chi connectivity index (χ0n) is 7.74. The van der Waals surface area contributed by atoms with Gasteiger partial charge in [0.1, 0.15) is 16.1 Å². The zero-order valence-corrected chi connectivity index (χ0v) is 10.1. The van der Waals surface area contributed by atoms with E-state index in [1.165, 1.54) is 0 Å². The van der Waals surface area contributed by atoms with Crippen molar-refractivity contribution < 1.29 is 4.79 Å². The van der Waals surface area contributed by atoms with Gasteiger partial charge in [-0.05, 0) is 18.6 Å². The lowest BCUT2D eigenvalue weighted by molar-refractivity contribution is 0.112. The van der Waals surface area contributed by atoms with E-state index in [-0.39, 0.29) is 21.1 Å². The van der Waals surface area contributed by atoms with E-state index in [1.54, 1.807) is 11.8 Å². The lowest BCUT2D eigenvalue weighted by atomic mass is 10.2. The van der Waals surface area contributed by atoms with Crippen molar-refractivity contribution in [2.24, 2.45) is 0 Å². The number of halogens is 2. The van der Waals surface area contributed by atoms with E-state index in [0.717, 1.165) is 18.6 Å². The van der Waals surface area contributed by atoms with Crippen molar-refractivity contribution in [3.63, 3.8) is 0 Å². The Morgan fingerprint density at radius 1 is 1.33 bits per heavy atom. The first-order valence-corrected chi connectivity index (χ1v) is 6.32. The molecule has 0 N–H and O–H groups in total. The van der Waals surface area contributed by atoms with Gasteiger partial charge in [0.15, 0.2) is 6.29 Å². The van der Waals surface area contributed by atoms with Gasteiger partial charge in [0.25, 0.3) is 0 Å². The lowest BCUT2D eigenvalue weighted by Gasteiger charge is -2.08. The number of carbonyl (C=O) groups is 1. The Labute approximate surface area is 102 Å². The summed E-state index contributed by atoms with van der Waals surface area (Å²) in [4.78, 5) is 18.8. The minimum absolute atomic E-state index is 0.146. The number of nitrogens with zero attached hydrogens (tertiary/aromatic N) is 2. The van der Waals surface area contributed by atoms with E-state index in [4.69, 9.17) is 23.2 Å². The summed E-state index contributed by atoms with van der Waals surface area (Å²) in [5.41, 5.74) is 0.171. The molecule has 1 unspecified atom stereocenters. The topological polar surface area (TPSA) is 42.9 Å². The molecule has 15 heavy (non-hydrogen) atoms. The Hall–Kier alpha value is -0.320. The summed E-state index contributed by atoms with van der Waals surface area (Å²) in [7, 11) is 0. The summed E-state index contributed by atoms with van der Waals surface area (Å²) in [5.74, 6) is 1.75. The summed E-state index contributed by atoms with van der Waals surface area (Å²) in [5, 5.41) is 0.556. The van der Waals surface area contributed by atoms with E-state index < -0.39 is 0 Å². The Bertz CT molecular complexity index is 371. The Balaban J connectivity index is 2.37. The number of carbonyl (C=O) groups excluding carboxylic acids is 1. The van der Waals surface area contributed by atoms with Crippen LogP contribution in [-0.4, -0.2) is 22.0 Å². The van der Waals surface area contributed by atoms with E-state index in [2.05, 4.69) is 9.97 Å². The van der Waals surface area contributed by atoms with Crippen LogP contribution in [0.5, 0.6) is 0 Å². The SMILES string of the molecule is O=Cc1c(Cl)nc(C2CCCS2)nc1Cl. The molecule has 0 amide bonds. The average molecular weight is 263 g/mol. The van der Waals surface area contributed by atoms with Crippen molar-refractivity contribution >= 4 is 41.2 Å². The number of hydrogen-bond donors (Lipinski definition) is 0. The van der Waals surface area contributed by atoms with Crippen molar-refractivity contribution in [3.05, 3.63) is 21.7 Å². The maximum absolute atomic E-state index is 10.6. The van der Waals surface area contributed by atoms with Gasteiger partial charge < -0.3 is 0 Å². The number of thioether (sulfide) groups is 1. The summed E-state index contributed by atoms with van der Waals surface area (Å²) < 4.78 is 0. The van der Waals surface area contributed by atoms with E-state index >= 15 is 0 Å². The highest BCUT2D eigenvalue weighted by molar-refractivity contribution is 7.99. The highest BCUT2D eigenvalue weighted by Gasteiger charge is 2.22. The standard InChI is InChI=1S/C9H8Cl2N2OS/c10-7-5(4-14)8(11)13-9(12-7)6-2-1-3-15-6/h4,6H,1-3H2. The molecule has 1 aliphatic heterocycles. The largest absolute Gasteiger partial charge is 0.298 e. The Morgan fingerprint density at radius 2 is 2.00 bits per heavy atom. The van der Waals surface area contributed by atoms with Crippen molar-refractivity contribution in [2.75, 3.05) is 5.75 Å². The maximum atomic E-state index is 10.6. The fourth-order valence-corrected chi connectivity index (χ4v) is 3.15. The predicted molar refractivity (Wildman–Crippen MR) is 61.9 cm³/mol. The van der Waals surface area contributed by atoms with Crippen molar-refractivity contribution in [3.8, 4) is 0 Å². The zero-order chi connectivity index (χ0) is 10.8. The third-order valence-electron chi connectivity index (χ3n) is 2.21. The average Bonchev–Trinajstić information content (AvgIpc) is 2.69. The van der Waals surface area contributed by atoms with Gasteiger partial charge in [0.2, 0.25) is 0 Å². The molecule has 1 aromatic rings. The quantitative estimate of drug-likeness (QED) is 0.607. The molecule has 80 valence electrons. The summed E-state index contributed by atoms with van der Waals surface area (Å²) in [6.45, 7) is 0. The van der Waals surface area contributed by atoms with Crippen LogP contribution in [0.3, 0.4) is 0 Å². The van der Waals surface area contributed by atoms with Crippen molar-refractivity contribution in [2.45, 2.75) is 18.1 Å². The van der Waals surface area contributed by atoms with E-state index in [9.17, 15) is 4.79 Å². The number of aldehydes is 1. The molecule has 3 nitrogen and oxygen atoms in total. The molecule has 0 radical (unpaired) electrons. The van der Waals surface area contributed by atoms with E-state index in [0.29, 0.717) is 12.1 Å². The highest BCUT2D eigenvalue weighted by Crippen LogP contribution is 2.39. The van der Waals surface area contributed by atoms with Gasteiger partial charge in [-0.2, -0.15) is 11.8 Å². The molecule has 0 aromatic carbocycles. The van der Waals surface area contributed by atoms with Crippen molar-refractivity contribution in [1.82, 2.24) is 9.97 Å². The van der Waals surface area contributed by atoms with Crippen LogP contribution in [0.1, 0.15) is 34.3 Å². The van der Waals surface area contributed by atoms with Gasteiger partial charge in [-0.25, -0.2) is 9.97 Å². The molecule has 1 aromatic heterocycles. The molecule has 2 heterocycles. The summed E-state index contributed by atoms with van der Waals surface area (Å²) in [6.07, 6.45) is 2.78. The first-order valence-electron chi connectivity index (χ1n) is 4.52. The maximum Gasteiger partial charge on any atom is 0.156 e. The molecule has 6 heteroatoms. The third-order valence-corrected chi connectivity index (χ3v) is 4.15. The fourth-order valence-electron chi connectivity index (χ4n) is 1.45. The van der Waals surface area contributed by atoms with Gasteiger partial charge in [-0.15, -0.1) is 0 Å². The molecule has 1 fully saturated rings. The third kappa shape index (κ3) is 2.27. The highest BCUT2D eigenvalue weighted by atomic mass is 35.5. The van der Waals surface area contributed by atoms with Crippen LogP contribution in [0.25, 0.3) is 0 Å². The molecule has 0 saturated carbocycles. The summed E-state index contributed by atoms with van der Waals surface area (Å²) in [6, 6.07) is 0. The van der Waals surface area contributed by atoms with Crippen LogP contribution in [0.4, 0.5) is 0 Å². The second kappa shape index (κ2) is 4.68. The van der Waals surface area contributed by atoms with Gasteiger partial charge in [0.05, 0.1) is 10.8 Å². The molecule has 0 aliphatic carbocycles. The smallest absolute Gasteiger partial charge is 0.156 e. The van der Waals surface area contributed by atoms with Crippen LogP contribution < -0.4 is 0 Å². The van der Waals surface area contributed by atoms with Gasteiger partial charge in [0, 0.05) is 0 Å². The van der Waals surface area contributed by atoms with Gasteiger partial charge in [-0.3, -0.25) is 4.79 Å². The lowest BCUT2D eigenvalue weighted by Crippen LogP contribution is -2.02. The molecule has 0 spiro atoms. The van der Waals surface area contributed by atoms with Crippen molar-refractivity contribution in [1.29, 1.82) is 0 Å². The predicted octanol–water partition coefficient (Wildman–Crippen LogP) is 3.16. The number of aromatic nitrogens is 2. The second-order valence-electron chi connectivity index (χ2n) is 3.20. The molecule has 1 saturated heterocycles. The van der Waals surface area contributed by atoms with E-state index in [1.807, 2.05) is 0 Å². The summed E-state index contributed by atoms with van der Waals surface area (Å²) >= 11 is 13.5. The van der Waals surface area contributed by atoms with Crippen LogP contribution in [0.15, 0.2) is 0 Å². The minimum atomic E-state index is 0.146. The molecule has 0 bridgehead atoms. The van der Waals surface area contributed by atoms with Crippen LogP contribution in [0.2, 0.25) is 10.3 Å². The Morgan fingerprint density at radius 3 is 2.47 bits per heavy atom. The molecular formula is C9H8Cl2N2OS. The van der Waals surface area contributed by atoms with Gasteiger partial charge >= 0.3 is 0 Å². The van der Waals surface area contributed by atoms with Crippen LogP contribution in [-0.2, 0) is 0 Å². The van der Waals surface area contributed by atoms with Crippen LogP contribution >= 0.6 is 35.0 Å². The first kappa shape index (κ1) is 11.2. The molecule has 2 rings (SSSR count). The van der Waals surface area contributed by atoms with Crippen LogP contribution in [0, 0.1) is 0 Å². The number of rotatable bonds is 2. The molecule has 1 atom stereocenters. The minimum Gasteiger partial charge on any atom is -0.298 e. The fraction of sp³-hybridized carbons (Fsp3) is 0.444.